The molecule has 1 aliphatic heterocycles. The summed E-state index contributed by atoms with van der Waals surface area (Å²) in [5.41, 5.74) is 9.22. The Labute approximate surface area is 126 Å². The molecule has 106 valence electrons. The Morgan fingerprint density at radius 1 is 1.18 bits per heavy atom. The van der Waals surface area contributed by atoms with Crippen molar-refractivity contribution in [1.29, 1.82) is 5.26 Å². The van der Waals surface area contributed by atoms with Gasteiger partial charge in [0, 0.05) is 0 Å². The molecule has 0 spiro atoms. The first-order chi connectivity index (χ1) is 10.8. The molecule has 6 heteroatoms. The van der Waals surface area contributed by atoms with E-state index in [1.165, 1.54) is 0 Å². The van der Waals surface area contributed by atoms with Gasteiger partial charge in [-0.1, -0.05) is 24.3 Å². The van der Waals surface area contributed by atoms with Gasteiger partial charge in [-0.15, -0.1) is 0 Å². The zero-order valence-electron chi connectivity index (χ0n) is 11.6. The molecule has 0 unspecified atom stereocenters. The van der Waals surface area contributed by atoms with E-state index >= 15 is 0 Å². The van der Waals surface area contributed by atoms with Gasteiger partial charge in [0.05, 0.1) is 22.7 Å². The van der Waals surface area contributed by atoms with E-state index in [4.69, 9.17) is 11.0 Å². The van der Waals surface area contributed by atoms with Crippen LogP contribution >= 0.6 is 0 Å². The predicted octanol–water partition coefficient (Wildman–Crippen LogP) is 2.20. The van der Waals surface area contributed by atoms with E-state index < -0.39 is 0 Å². The standard InChI is InChI=1S/C16H12N6/c17-9-10-4-3-5-11(8-10)14-20-15(18)21-16-19-12-6-1-2-7-13(12)22(14)16/h1-8,14H,(H3,18,19,20,21)/t14-/m0/s1. The van der Waals surface area contributed by atoms with E-state index in [9.17, 15) is 0 Å². The molecule has 4 rings (SSSR count). The van der Waals surface area contributed by atoms with Crippen LogP contribution in [0.25, 0.3) is 11.0 Å². The van der Waals surface area contributed by atoms with E-state index in [1.54, 1.807) is 6.07 Å². The molecule has 0 amide bonds. The van der Waals surface area contributed by atoms with Gasteiger partial charge in [-0.3, -0.25) is 9.88 Å². The predicted molar refractivity (Wildman–Crippen MR) is 84.3 cm³/mol. The van der Waals surface area contributed by atoms with Crippen LogP contribution in [0.15, 0.2) is 53.5 Å². The van der Waals surface area contributed by atoms with Gasteiger partial charge in [-0.2, -0.15) is 5.26 Å². The third-order valence-corrected chi connectivity index (χ3v) is 3.66. The van der Waals surface area contributed by atoms with E-state index in [2.05, 4.69) is 21.4 Å². The van der Waals surface area contributed by atoms with Gasteiger partial charge < -0.3 is 5.73 Å². The first-order valence-corrected chi connectivity index (χ1v) is 6.83. The maximum Gasteiger partial charge on any atom is 0.212 e. The number of aromatic nitrogens is 2. The number of anilines is 1. The maximum absolute atomic E-state index is 9.10. The Morgan fingerprint density at radius 2 is 2.05 bits per heavy atom. The van der Waals surface area contributed by atoms with Crippen molar-refractivity contribution in [2.75, 3.05) is 5.32 Å². The number of benzene rings is 2. The van der Waals surface area contributed by atoms with E-state index in [0.717, 1.165) is 16.6 Å². The zero-order chi connectivity index (χ0) is 15.1. The molecule has 0 aliphatic carbocycles. The van der Waals surface area contributed by atoms with Crippen molar-refractivity contribution in [3.8, 4) is 6.07 Å². The van der Waals surface area contributed by atoms with Crippen LogP contribution in [0.4, 0.5) is 5.95 Å². The van der Waals surface area contributed by atoms with Crippen LogP contribution in [0.3, 0.4) is 0 Å². The number of nitrogens with zero attached hydrogens (tertiary/aromatic N) is 4. The second-order valence-electron chi connectivity index (χ2n) is 5.04. The van der Waals surface area contributed by atoms with Crippen molar-refractivity contribution in [3.63, 3.8) is 0 Å². The summed E-state index contributed by atoms with van der Waals surface area (Å²) >= 11 is 0. The first kappa shape index (κ1) is 12.4. The molecule has 22 heavy (non-hydrogen) atoms. The Bertz CT molecular complexity index is 947. The summed E-state index contributed by atoms with van der Waals surface area (Å²) in [7, 11) is 0. The minimum atomic E-state index is -0.336. The highest BCUT2D eigenvalue weighted by atomic mass is 15.4. The lowest BCUT2D eigenvalue weighted by molar-refractivity contribution is 0.626. The van der Waals surface area contributed by atoms with Gasteiger partial charge in [-0.05, 0) is 29.8 Å². The van der Waals surface area contributed by atoms with Crippen LogP contribution in [0, 0.1) is 11.3 Å². The lowest BCUT2D eigenvalue weighted by Crippen LogP contribution is -2.31. The summed E-state index contributed by atoms with van der Waals surface area (Å²) in [6, 6.07) is 17.4. The topological polar surface area (TPSA) is 92.0 Å². The van der Waals surface area contributed by atoms with Crippen LogP contribution in [0.5, 0.6) is 0 Å². The number of hydrogen-bond donors (Lipinski definition) is 2. The number of nitrogens with two attached hydrogens (primary N) is 1. The van der Waals surface area contributed by atoms with Gasteiger partial charge in [-0.25, -0.2) is 9.98 Å². The fraction of sp³-hybridized carbons (Fsp3) is 0.0625. The van der Waals surface area contributed by atoms with E-state index in [0.29, 0.717) is 17.5 Å². The molecule has 1 aliphatic rings. The van der Waals surface area contributed by atoms with Gasteiger partial charge in [0.25, 0.3) is 0 Å². The number of nitrogens with one attached hydrogen (secondary N) is 1. The quantitative estimate of drug-likeness (QED) is 0.718. The summed E-state index contributed by atoms with van der Waals surface area (Å²) in [6.07, 6.45) is -0.336. The SMILES string of the molecule is N#Cc1cccc([C@H]2N=C(N)Nc3nc4ccccc4n32)c1. The molecule has 1 aromatic heterocycles. The highest BCUT2D eigenvalue weighted by Crippen LogP contribution is 2.32. The minimum Gasteiger partial charge on any atom is -0.370 e. The van der Waals surface area contributed by atoms with Crippen molar-refractivity contribution >= 4 is 22.9 Å². The van der Waals surface area contributed by atoms with Crippen LogP contribution in [0.2, 0.25) is 0 Å². The van der Waals surface area contributed by atoms with Gasteiger partial charge in [0.1, 0.15) is 0 Å². The molecular weight excluding hydrogens is 276 g/mol. The van der Waals surface area contributed by atoms with Crippen molar-refractivity contribution in [2.24, 2.45) is 10.7 Å². The Kier molecular flexibility index (Phi) is 2.60. The number of fused-ring (bicyclic) bond motifs is 3. The second kappa shape index (κ2) is 4.60. The van der Waals surface area contributed by atoms with Crippen LogP contribution < -0.4 is 11.1 Å². The summed E-state index contributed by atoms with van der Waals surface area (Å²) in [6.45, 7) is 0. The van der Waals surface area contributed by atoms with Crippen molar-refractivity contribution in [1.82, 2.24) is 9.55 Å². The lowest BCUT2D eigenvalue weighted by Gasteiger charge is -2.23. The highest BCUT2D eigenvalue weighted by molar-refractivity contribution is 5.94. The number of hydrogen-bond acceptors (Lipinski definition) is 5. The lowest BCUT2D eigenvalue weighted by atomic mass is 10.1. The molecule has 0 fully saturated rings. The highest BCUT2D eigenvalue weighted by Gasteiger charge is 2.24. The fourth-order valence-corrected chi connectivity index (χ4v) is 2.71. The monoisotopic (exact) mass is 288 g/mol. The fourth-order valence-electron chi connectivity index (χ4n) is 2.71. The molecule has 0 saturated heterocycles. The smallest absolute Gasteiger partial charge is 0.212 e. The minimum absolute atomic E-state index is 0.315. The molecule has 6 nitrogen and oxygen atoms in total. The van der Waals surface area contributed by atoms with E-state index in [1.807, 2.05) is 47.0 Å². The first-order valence-electron chi connectivity index (χ1n) is 6.83. The van der Waals surface area contributed by atoms with Crippen LogP contribution in [-0.4, -0.2) is 15.5 Å². The maximum atomic E-state index is 9.10. The number of para-hydroxylation sites is 2. The Hall–Kier alpha value is -3.33. The second-order valence-corrected chi connectivity index (χ2v) is 5.04. The van der Waals surface area contributed by atoms with Gasteiger partial charge in [0.2, 0.25) is 5.95 Å². The number of guanidine groups is 1. The molecule has 3 aromatic rings. The van der Waals surface area contributed by atoms with Crippen molar-refractivity contribution in [2.45, 2.75) is 6.17 Å². The largest absolute Gasteiger partial charge is 0.370 e. The third kappa shape index (κ3) is 1.80. The number of nitriles is 1. The summed E-state index contributed by atoms with van der Waals surface area (Å²) in [5.74, 6) is 0.969. The van der Waals surface area contributed by atoms with Crippen molar-refractivity contribution < 1.29 is 0 Å². The molecule has 0 saturated carbocycles. The zero-order valence-corrected chi connectivity index (χ0v) is 11.6. The summed E-state index contributed by atoms with van der Waals surface area (Å²) in [5, 5.41) is 12.1. The third-order valence-electron chi connectivity index (χ3n) is 3.66. The van der Waals surface area contributed by atoms with Gasteiger partial charge in [0.15, 0.2) is 12.1 Å². The molecule has 2 aromatic carbocycles. The van der Waals surface area contributed by atoms with Gasteiger partial charge >= 0.3 is 0 Å². The normalized spacial score (nSPS) is 16.5. The summed E-state index contributed by atoms with van der Waals surface area (Å²) < 4.78 is 1.99. The number of aliphatic imine (C=N–C) groups is 1. The van der Waals surface area contributed by atoms with Crippen molar-refractivity contribution in [3.05, 3.63) is 59.7 Å². The summed E-state index contributed by atoms with van der Waals surface area (Å²) in [4.78, 5) is 9.04. The molecule has 2 heterocycles. The Morgan fingerprint density at radius 3 is 2.91 bits per heavy atom. The molecule has 0 bridgehead atoms. The van der Waals surface area contributed by atoms with E-state index in [-0.39, 0.29) is 6.17 Å². The molecule has 1 atom stereocenters. The Balaban J connectivity index is 1.96. The van der Waals surface area contributed by atoms with Crippen LogP contribution in [-0.2, 0) is 0 Å². The average molecular weight is 288 g/mol. The molecule has 3 N–H and O–H groups in total. The molecular formula is C16H12N6. The number of rotatable bonds is 1. The van der Waals surface area contributed by atoms with Crippen LogP contribution in [0.1, 0.15) is 17.3 Å². The average Bonchev–Trinajstić information content (AvgIpc) is 2.92. The molecule has 0 radical (unpaired) electrons. The number of imidazole rings is 1.